The molecule has 0 aromatic heterocycles. The first-order valence-electron chi connectivity index (χ1n) is 8.67. The lowest BCUT2D eigenvalue weighted by Crippen LogP contribution is -2.53. The predicted molar refractivity (Wildman–Crippen MR) is 94.8 cm³/mol. The molecule has 24 heavy (non-hydrogen) atoms. The molecule has 1 aromatic carbocycles. The molecule has 1 saturated heterocycles. The SMILES string of the molecule is CCC(C)NC(=O)N1CCN(CCOc2ccc(OC)cc2)CC1. The minimum Gasteiger partial charge on any atom is -0.497 e. The molecule has 0 radical (unpaired) electrons. The van der Waals surface area contributed by atoms with Crippen LogP contribution >= 0.6 is 0 Å². The average Bonchev–Trinajstić information content (AvgIpc) is 2.62. The van der Waals surface area contributed by atoms with Crippen molar-refractivity contribution in [3.63, 3.8) is 0 Å². The number of nitrogens with zero attached hydrogens (tertiary/aromatic N) is 2. The van der Waals surface area contributed by atoms with Crippen LogP contribution in [0, 0.1) is 0 Å². The quantitative estimate of drug-likeness (QED) is 0.830. The number of amides is 2. The fraction of sp³-hybridized carbons (Fsp3) is 0.611. The van der Waals surface area contributed by atoms with Gasteiger partial charge in [-0.2, -0.15) is 0 Å². The lowest BCUT2D eigenvalue weighted by Gasteiger charge is -2.35. The van der Waals surface area contributed by atoms with Crippen LogP contribution in [0.25, 0.3) is 0 Å². The Kier molecular flexibility index (Phi) is 7.18. The summed E-state index contributed by atoms with van der Waals surface area (Å²) in [6.07, 6.45) is 0.953. The predicted octanol–water partition coefficient (Wildman–Crippen LogP) is 2.20. The van der Waals surface area contributed by atoms with Gasteiger partial charge >= 0.3 is 6.03 Å². The highest BCUT2D eigenvalue weighted by Gasteiger charge is 2.21. The number of ether oxygens (including phenoxy) is 2. The van der Waals surface area contributed by atoms with Crippen LogP contribution in [0.3, 0.4) is 0 Å². The van der Waals surface area contributed by atoms with Crippen LogP contribution in [0.5, 0.6) is 11.5 Å². The van der Waals surface area contributed by atoms with Crippen molar-refractivity contribution >= 4 is 6.03 Å². The minimum atomic E-state index is 0.0542. The lowest BCUT2D eigenvalue weighted by atomic mass is 10.2. The van der Waals surface area contributed by atoms with Crippen molar-refractivity contribution < 1.29 is 14.3 Å². The smallest absolute Gasteiger partial charge is 0.317 e. The van der Waals surface area contributed by atoms with Gasteiger partial charge < -0.3 is 19.7 Å². The molecule has 1 aliphatic rings. The molecule has 0 saturated carbocycles. The number of urea groups is 1. The number of methoxy groups -OCH3 is 1. The molecule has 0 aliphatic carbocycles. The van der Waals surface area contributed by atoms with Crippen molar-refractivity contribution in [3.8, 4) is 11.5 Å². The van der Waals surface area contributed by atoms with E-state index in [0.29, 0.717) is 6.61 Å². The third-order valence-corrected chi connectivity index (χ3v) is 4.38. The van der Waals surface area contributed by atoms with Crippen molar-refractivity contribution in [2.45, 2.75) is 26.3 Å². The van der Waals surface area contributed by atoms with Gasteiger partial charge in [0.15, 0.2) is 0 Å². The number of carbonyl (C=O) groups excluding carboxylic acids is 1. The van der Waals surface area contributed by atoms with Gasteiger partial charge in [-0.3, -0.25) is 4.90 Å². The van der Waals surface area contributed by atoms with Crippen molar-refractivity contribution in [2.75, 3.05) is 46.4 Å². The normalized spacial score (nSPS) is 16.5. The number of nitrogens with one attached hydrogen (secondary N) is 1. The minimum absolute atomic E-state index is 0.0542. The third-order valence-electron chi connectivity index (χ3n) is 4.38. The van der Waals surface area contributed by atoms with Gasteiger partial charge in [-0.05, 0) is 37.6 Å². The van der Waals surface area contributed by atoms with Gasteiger partial charge in [0.2, 0.25) is 0 Å². The van der Waals surface area contributed by atoms with Gasteiger partial charge in [0.25, 0.3) is 0 Å². The number of benzene rings is 1. The molecule has 134 valence electrons. The standard InChI is InChI=1S/C18H29N3O3/c1-4-15(2)19-18(22)21-11-9-20(10-12-21)13-14-24-17-7-5-16(23-3)6-8-17/h5-8,15H,4,9-14H2,1-3H3,(H,19,22). The van der Waals surface area contributed by atoms with Gasteiger partial charge in [-0.1, -0.05) is 6.92 Å². The topological polar surface area (TPSA) is 54.0 Å². The molecule has 1 heterocycles. The number of hydrogen-bond acceptors (Lipinski definition) is 4. The molecule has 1 fully saturated rings. The van der Waals surface area contributed by atoms with E-state index in [1.807, 2.05) is 36.1 Å². The van der Waals surface area contributed by atoms with Gasteiger partial charge in [0.05, 0.1) is 7.11 Å². The second-order valence-corrected chi connectivity index (χ2v) is 6.11. The van der Waals surface area contributed by atoms with Crippen LogP contribution < -0.4 is 14.8 Å². The van der Waals surface area contributed by atoms with Crippen LogP contribution in [-0.4, -0.2) is 68.3 Å². The second kappa shape index (κ2) is 9.37. The van der Waals surface area contributed by atoms with E-state index < -0.39 is 0 Å². The summed E-state index contributed by atoms with van der Waals surface area (Å²) in [7, 11) is 1.65. The van der Waals surface area contributed by atoms with Crippen LogP contribution in [-0.2, 0) is 0 Å². The fourth-order valence-electron chi connectivity index (χ4n) is 2.54. The van der Waals surface area contributed by atoms with Gasteiger partial charge in [0.1, 0.15) is 18.1 Å². The van der Waals surface area contributed by atoms with Crippen LogP contribution in [0.2, 0.25) is 0 Å². The maximum absolute atomic E-state index is 12.1. The Labute approximate surface area is 144 Å². The van der Waals surface area contributed by atoms with Gasteiger partial charge in [0, 0.05) is 38.8 Å². The van der Waals surface area contributed by atoms with Crippen molar-refractivity contribution in [3.05, 3.63) is 24.3 Å². The van der Waals surface area contributed by atoms with Crippen LogP contribution in [0.15, 0.2) is 24.3 Å². The number of hydrogen-bond donors (Lipinski definition) is 1. The second-order valence-electron chi connectivity index (χ2n) is 6.11. The molecular formula is C18H29N3O3. The molecule has 6 nitrogen and oxygen atoms in total. The molecule has 2 amide bonds. The summed E-state index contributed by atoms with van der Waals surface area (Å²) in [4.78, 5) is 16.3. The van der Waals surface area contributed by atoms with E-state index in [9.17, 15) is 4.79 Å². The van der Waals surface area contributed by atoms with Crippen molar-refractivity contribution in [1.29, 1.82) is 0 Å². The first kappa shape index (κ1) is 18.4. The fourth-order valence-corrected chi connectivity index (χ4v) is 2.54. The largest absolute Gasteiger partial charge is 0.497 e. The Morgan fingerprint density at radius 2 is 1.79 bits per heavy atom. The summed E-state index contributed by atoms with van der Waals surface area (Å²) in [6.45, 7) is 8.93. The molecule has 1 unspecified atom stereocenters. The molecule has 0 spiro atoms. The summed E-state index contributed by atoms with van der Waals surface area (Å²) in [6, 6.07) is 7.90. The van der Waals surface area contributed by atoms with Crippen LogP contribution in [0.1, 0.15) is 20.3 Å². The Hall–Kier alpha value is -1.95. The summed E-state index contributed by atoms with van der Waals surface area (Å²) >= 11 is 0. The summed E-state index contributed by atoms with van der Waals surface area (Å²) in [5.74, 6) is 1.68. The molecule has 2 rings (SSSR count). The highest BCUT2D eigenvalue weighted by atomic mass is 16.5. The zero-order valence-corrected chi connectivity index (χ0v) is 15.0. The average molecular weight is 335 g/mol. The maximum atomic E-state index is 12.1. The van der Waals surface area contributed by atoms with E-state index in [2.05, 4.69) is 17.1 Å². The molecular weight excluding hydrogens is 306 g/mol. The van der Waals surface area contributed by atoms with E-state index in [-0.39, 0.29) is 12.1 Å². The number of piperazine rings is 1. The first-order chi connectivity index (χ1) is 11.6. The molecule has 1 aromatic rings. The number of rotatable bonds is 7. The highest BCUT2D eigenvalue weighted by Crippen LogP contribution is 2.16. The van der Waals surface area contributed by atoms with E-state index in [1.54, 1.807) is 7.11 Å². The lowest BCUT2D eigenvalue weighted by molar-refractivity contribution is 0.124. The van der Waals surface area contributed by atoms with Gasteiger partial charge in [-0.15, -0.1) is 0 Å². The van der Waals surface area contributed by atoms with Crippen molar-refractivity contribution in [2.24, 2.45) is 0 Å². The van der Waals surface area contributed by atoms with E-state index in [0.717, 1.165) is 50.6 Å². The Bertz CT molecular complexity index is 499. The van der Waals surface area contributed by atoms with E-state index in [1.165, 1.54) is 0 Å². The third kappa shape index (κ3) is 5.60. The zero-order valence-electron chi connectivity index (χ0n) is 15.0. The molecule has 1 aliphatic heterocycles. The molecule has 1 atom stereocenters. The monoisotopic (exact) mass is 335 g/mol. The summed E-state index contributed by atoms with van der Waals surface area (Å²) in [5, 5.41) is 3.02. The summed E-state index contributed by atoms with van der Waals surface area (Å²) < 4.78 is 10.9. The Morgan fingerprint density at radius 3 is 2.38 bits per heavy atom. The van der Waals surface area contributed by atoms with E-state index >= 15 is 0 Å². The zero-order chi connectivity index (χ0) is 17.4. The highest BCUT2D eigenvalue weighted by molar-refractivity contribution is 5.74. The Balaban J connectivity index is 1.64. The first-order valence-corrected chi connectivity index (χ1v) is 8.67. The van der Waals surface area contributed by atoms with Crippen LogP contribution in [0.4, 0.5) is 4.79 Å². The maximum Gasteiger partial charge on any atom is 0.317 e. The molecule has 6 heteroatoms. The van der Waals surface area contributed by atoms with Crippen molar-refractivity contribution in [1.82, 2.24) is 15.1 Å². The molecule has 1 N–H and O–H groups in total. The van der Waals surface area contributed by atoms with E-state index in [4.69, 9.17) is 9.47 Å². The summed E-state index contributed by atoms with van der Waals surface area (Å²) in [5.41, 5.74) is 0. The Morgan fingerprint density at radius 1 is 1.17 bits per heavy atom. The molecule has 0 bridgehead atoms. The number of carbonyl (C=O) groups is 1. The van der Waals surface area contributed by atoms with Gasteiger partial charge in [-0.25, -0.2) is 4.79 Å².